The molecule has 0 spiro atoms. The smallest absolute Gasteiger partial charge is 0.0434 e. The largest absolute Gasteiger partial charge is 0.396 e. The molecule has 3 heteroatoms. The predicted molar refractivity (Wildman–Crippen MR) is 65.4 cm³/mol. The summed E-state index contributed by atoms with van der Waals surface area (Å²) in [5.74, 6) is 0. The molecule has 0 aliphatic heterocycles. The predicted octanol–water partition coefficient (Wildman–Crippen LogP) is 3.06. The van der Waals surface area contributed by atoms with Crippen LogP contribution in [0.5, 0.6) is 0 Å². The Morgan fingerprint density at radius 2 is 1.86 bits per heavy atom. The van der Waals surface area contributed by atoms with Gasteiger partial charge in [0.15, 0.2) is 0 Å². The van der Waals surface area contributed by atoms with Crippen LogP contribution in [0.1, 0.15) is 12.0 Å². The molecule has 0 aliphatic carbocycles. The summed E-state index contributed by atoms with van der Waals surface area (Å²) in [6.07, 6.45) is 6.03. The van der Waals surface area contributed by atoms with Gasteiger partial charge in [0.05, 0.1) is 0 Å². The summed E-state index contributed by atoms with van der Waals surface area (Å²) in [6.45, 7) is 0.277. The molecule has 0 saturated carbocycles. The van der Waals surface area contributed by atoms with Gasteiger partial charge in [-0.15, -0.1) is 23.5 Å². The van der Waals surface area contributed by atoms with E-state index in [1.165, 1.54) is 15.4 Å². The minimum absolute atomic E-state index is 0.277. The minimum Gasteiger partial charge on any atom is -0.396 e. The van der Waals surface area contributed by atoms with Gasteiger partial charge in [-0.1, -0.05) is 6.07 Å². The highest BCUT2D eigenvalue weighted by atomic mass is 32.2. The van der Waals surface area contributed by atoms with Crippen LogP contribution in [0.15, 0.2) is 28.0 Å². The van der Waals surface area contributed by atoms with Crippen LogP contribution >= 0.6 is 23.5 Å². The van der Waals surface area contributed by atoms with E-state index in [4.69, 9.17) is 5.11 Å². The van der Waals surface area contributed by atoms with E-state index in [9.17, 15) is 0 Å². The van der Waals surface area contributed by atoms with Crippen LogP contribution in [0, 0.1) is 0 Å². The zero-order chi connectivity index (χ0) is 10.4. The van der Waals surface area contributed by atoms with Crippen molar-refractivity contribution in [2.45, 2.75) is 22.6 Å². The van der Waals surface area contributed by atoms with Crippen molar-refractivity contribution < 1.29 is 5.11 Å². The number of aliphatic hydroxyl groups excluding tert-OH is 1. The fourth-order valence-electron chi connectivity index (χ4n) is 1.32. The third kappa shape index (κ3) is 3.23. The average Bonchev–Trinajstić information content (AvgIpc) is 2.25. The molecule has 0 aliphatic rings. The van der Waals surface area contributed by atoms with Crippen molar-refractivity contribution in [3.63, 3.8) is 0 Å². The topological polar surface area (TPSA) is 20.2 Å². The van der Waals surface area contributed by atoms with E-state index < -0.39 is 0 Å². The molecule has 1 rings (SSSR count). The van der Waals surface area contributed by atoms with Gasteiger partial charge in [0.1, 0.15) is 0 Å². The van der Waals surface area contributed by atoms with Crippen molar-refractivity contribution >= 4 is 23.5 Å². The first-order chi connectivity index (χ1) is 6.81. The van der Waals surface area contributed by atoms with Crippen molar-refractivity contribution in [1.82, 2.24) is 0 Å². The Morgan fingerprint density at radius 1 is 1.14 bits per heavy atom. The third-order valence-corrected chi connectivity index (χ3v) is 3.77. The summed E-state index contributed by atoms with van der Waals surface area (Å²) in [6, 6.07) is 6.55. The fourth-order valence-corrected chi connectivity index (χ4v) is 2.82. The summed E-state index contributed by atoms with van der Waals surface area (Å²) in [4.78, 5) is 2.68. The number of hydrogen-bond acceptors (Lipinski definition) is 3. The third-order valence-electron chi connectivity index (χ3n) is 2.07. The first-order valence-corrected chi connectivity index (χ1v) is 7.08. The van der Waals surface area contributed by atoms with E-state index >= 15 is 0 Å². The number of benzene rings is 1. The first kappa shape index (κ1) is 12.0. The summed E-state index contributed by atoms with van der Waals surface area (Å²) >= 11 is 3.57. The lowest BCUT2D eigenvalue weighted by Crippen LogP contribution is -1.90. The molecule has 14 heavy (non-hydrogen) atoms. The molecule has 1 N–H and O–H groups in total. The molecule has 0 saturated heterocycles. The number of thioether (sulfide) groups is 2. The Labute approximate surface area is 94.3 Å². The molecule has 1 aromatic rings. The van der Waals surface area contributed by atoms with Crippen molar-refractivity contribution in [1.29, 1.82) is 0 Å². The van der Waals surface area contributed by atoms with Crippen LogP contribution in [0.25, 0.3) is 0 Å². The molecule has 0 heterocycles. The van der Waals surface area contributed by atoms with Crippen molar-refractivity contribution in [2.24, 2.45) is 0 Å². The van der Waals surface area contributed by atoms with Crippen LogP contribution in [0.4, 0.5) is 0 Å². The standard InChI is InChI=1S/C11H16OS2/c1-13-10-6-5-9(4-3-7-12)8-11(10)14-2/h5-6,8,12H,3-4,7H2,1-2H3. The van der Waals surface area contributed by atoms with Gasteiger partial charge >= 0.3 is 0 Å². The second-order valence-electron chi connectivity index (χ2n) is 3.02. The maximum Gasteiger partial charge on any atom is 0.0434 e. The summed E-state index contributed by atoms with van der Waals surface area (Å²) < 4.78 is 0. The van der Waals surface area contributed by atoms with Crippen LogP contribution in [0.3, 0.4) is 0 Å². The average molecular weight is 228 g/mol. The van der Waals surface area contributed by atoms with Gasteiger partial charge in [-0.3, -0.25) is 0 Å². The molecular weight excluding hydrogens is 212 g/mol. The molecule has 1 aromatic carbocycles. The summed E-state index contributed by atoms with van der Waals surface area (Å²) in [7, 11) is 0. The quantitative estimate of drug-likeness (QED) is 0.782. The lowest BCUT2D eigenvalue weighted by atomic mass is 10.1. The molecule has 78 valence electrons. The molecular formula is C11H16OS2. The number of aliphatic hydroxyl groups is 1. The molecule has 0 unspecified atom stereocenters. The molecule has 0 radical (unpaired) electrons. The van der Waals surface area contributed by atoms with E-state index in [-0.39, 0.29) is 6.61 Å². The summed E-state index contributed by atoms with van der Waals surface area (Å²) in [5, 5.41) is 8.75. The Morgan fingerprint density at radius 3 is 2.43 bits per heavy atom. The molecule has 0 aromatic heterocycles. The lowest BCUT2D eigenvalue weighted by Gasteiger charge is -2.07. The highest BCUT2D eigenvalue weighted by molar-refractivity contribution is 8.01. The second kappa shape index (κ2) is 6.38. The van der Waals surface area contributed by atoms with E-state index in [0.29, 0.717) is 0 Å². The number of rotatable bonds is 5. The monoisotopic (exact) mass is 228 g/mol. The van der Waals surface area contributed by atoms with E-state index in [1.54, 1.807) is 23.5 Å². The Kier molecular flexibility index (Phi) is 5.45. The van der Waals surface area contributed by atoms with Gasteiger partial charge in [-0.05, 0) is 43.0 Å². The Bertz CT molecular complexity index is 287. The van der Waals surface area contributed by atoms with E-state index in [0.717, 1.165) is 12.8 Å². The zero-order valence-corrected chi connectivity index (χ0v) is 10.3. The SMILES string of the molecule is CSc1ccc(CCCO)cc1SC. The van der Waals surface area contributed by atoms with Crippen molar-refractivity contribution in [2.75, 3.05) is 19.1 Å². The van der Waals surface area contributed by atoms with Crippen LogP contribution in [0.2, 0.25) is 0 Å². The highest BCUT2D eigenvalue weighted by Crippen LogP contribution is 2.29. The second-order valence-corrected chi connectivity index (χ2v) is 4.71. The van der Waals surface area contributed by atoms with Gasteiger partial charge in [-0.2, -0.15) is 0 Å². The molecule has 0 fully saturated rings. The van der Waals surface area contributed by atoms with Crippen LogP contribution in [-0.4, -0.2) is 24.2 Å². The molecule has 1 nitrogen and oxygen atoms in total. The lowest BCUT2D eigenvalue weighted by molar-refractivity contribution is 0.288. The van der Waals surface area contributed by atoms with Gasteiger partial charge in [-0.25, -0.2) is 0 Å². The maximum absolute atomic E-state index is 8.75. The first-order valence-electron chi connectivity index (χ1n) is 4.63. The molecule has 0 atom stereocenters. The van der Waals surface area contributed by atoms with E-state index in [1.807, 2.05) is 0 Å². The van der Waals surface area contributed by atoms with Gasteiger partial charge in [0.25, 0.3) is 0 Å². The number of aryl methyl sites for hydroxylation is 1. The number of hydrogen-bond donors (Lipinski definition) is 1. The molecule has 0 amide bonds. The fraction of sp³-hybridized carbons (Fsp3) is 0.455. The molecule has 0 bridgehead atoms. The van der Waals surface area contributed by atoms with Crippen molar-refractivity contribution in [3.05, 3.63) is 23.8 Å². The highest BCUT2D eigenvalue weighted by Gasteiger charge is 2.01. The van der Waals surface area contributed by atoms with Crippen LogP contribution in [-0.2, 0) is 6.42 Å². The van der Waals surface area contributed by atoms with Gasteiger partial charge in [0.2, 0.25) is 0 Å². The van der Waals surface area contributed by atoms with E-state index in [2.05, 4.69) is 30.7 Å². The Hall–Kier alpha value is -0.120. The normalized spacial score (nSPS) is 10.5. The van der Waals surface area contributed by atoms with Crippen molar-refractivity contribution in [3.8, 4) is 0 Å². The van der Waals surface area contributed by atoms with Crippen LogP contribution < -0.4 is 0 Å². The Balaban J connectivity index is 2.79. The zero-order valence-electron chi connectivity index (χ0n) is 8.62. The minimum atomic E-state index is 0.277. The van der Waals surface area contributed by atoms with Gasteiger partial charge in [0, 0.05) is 16.4 Å². The maximum atomic E-state index is 8.75. The van der Waals surface area contributed by atoms with Gasteiger partial charge < -0.3 is 5.11 Å². The summed E-state index contributed by atoms with van der Waals surface area (Å²) in [5.41, 5.74) is 1.32.